The first kappa shape index (κ1) is 24.1. The van der Waals surface area contributed by atoms with Gasteiger partial charge in [0.1, 0.15) is 5.75 Å². The Bertz CT molecular complexity index is 821. The van der Waals surface area contributed by atoms with Crippen LogP contribution in [0.2, 0.25) is 0 Å². The zero-order valence-electron chi connectivity index (χ0n) is 19.3. The summed E-state index contributed by atoms with van der Waals surface area (Å²) in [4.78, 5) is 6.94. The molecule has 0 bridgehead atoms. The average Bonchev–Trinajstić information content (AvgIpc) is 2.85. The molecule has 0 radical (unpaired) electrons. The van der Waals surface area contributed by atoms with Gasteiger partial charge in [-0.2, -0.15) is 0 Å². The normalized spacial score (nSPS) is 13.7. The van der Waals surface area contributed by atoms with Gasteiger partial charge < -0.3 is 29.9 Å². The van der Waals surface area contributed by atoms with Gasteiger partial charge in [-0.3, -0.25) is 0 Å². The zero-order chi connectivity index (χ0) is 22.8. The van der Waals surface area contributed by atoms with Crippen LogP contribution in [0, 0.1) is 0 Å². The number of hydrogen-bond acceptors (Lipinski definition) is 5. The highest BCUT2D eigenvalue weighted by atomic mass is 32.1. The predicted molar refractivity (Wildman–Crippen MR) is 138 cm³/mol. The number of aliphatic hydroxyl groups is 1. The van der Waals surface area contributed by atoms with Crippen molar-refractivity contribution in [3.63, 3.8) is 0 Å². The minimum Gasteiger partial charge on any atom is -0.497 e. The monoisotopic (exact) mass is 456 g/mol. The lowest BCUT2D eigenvalue weighted by Crippen LogP contribution is -2.46. The summed E-state index contributed by atoms with van der Waals surface area (Å²) in [6.07, 6.45) is 2.91. The molecular formula is C25H36N4O2S. The van der Waals surface area contributed by atoms with Crippen molar-refractivity contribution in [2.75, 3.05) is 67.7 Å². The van der Waals surface area contributed by atoms with Crippen LogP contribution in [0.3, 0.4) is 0 Å². The van der Waals surface area contributed by atoms with Crippen molar-refractivity contribution in [2.45, 2.75) is 26.2 Å². The van der Waals surface area contributed by atoms with E-state index in [9.17, 15) is 5.11 Å². The van der Waals surface area contributed by atoms with E-state index < -0.39 is 0 Å². The van der Waals surface area contributed by atoms with Gasteiger partial charge in [0.05, 0.1) is 7.11 Å². The second kappa shape index (κ2) is 12.5. The molecule has 2 N–H and O–H groups in total. The molecule has 1 heterocycles. The van der Waals surface area contributed by atoms with Crippen molar-refractivity contribution < 1.29 is 9.84 Å². The highest BCUT2D eigenvalue weighted by Gasteiger charge is 2.18. The molecule has 0 spiro atoms. The molecule has 3 rings (SSSR count). The molecule has 2 aromatic carbocycles. The Labute approximate surface area is 197 Å². The maximum atomic E-state index is 9.29. The molecule has 0 unspecified atom stereocenters. The fourth-order valence-corrected chi connectivity index (χ4v) is 4.20. The van der Waals surface area contributed by atoms with Gasteiger partial charge in [-0.05, 0) is 73.6 Å². The number of hydrogen-bond donors (Lipinski definition) is 2. The summed E-state index contributed by atoms with van der Waals surface area (Å²) in [6.45, 7) is 7.85. The van der Waals surface area contributed by atoms with Crippen LogP contribution in [0.15, 0.2) is 48.5 Å². The first-order valence-electron chi connectivity index (χ1n) is 11.6. The molecule has 0 aromatic heterocycles. The molecule has 32 heavy (non-hydrogen) atoms. The number of methoxy groups -OCH3 is 1. The van der Waals surface area contributed by atoms with E-state index in [-0.39, 0.29) is 6.61 Å². The van der Waals surface area contributed by atoms with Crippen LogP contribution in [-0.2, 0) is 0 Å². The molecule has 1 fully saturated rings. The highest BCUT2D eigenvalue weighted by molar-refractivity contribution is 7.80. The van der Waals surface area contributed by atoms with E-state index in [1.807, 2.05) is 12.1 Å². The molecule has 6 nitrogen and oxygen atoms in total. The molecule has 0 aliphatic carbocycles. The summed E-state index contributed by atoms with van der Waals surface area (Å²) < 4.78 is 5.26. The molecular weight excluding hydrogens is 420 g/mol. The predicted octanol–water partition coefficient (Wildman–Crippen LogP) is 3.89. The lowest BCUT2D eigenvalue weighted by atomic mass is 10.2. The number of aliphatic hydroxyl groups excluding tert-OH is 1. The van der Waals surface area contributed by atoms with Gasteiger partial charge >= 0.3 is 0 Å². The first-order valence-corrected chi connectivity index (χ1v) is 12.0. The fraction of sp³-hybridized carbons (Fsp3) is 0.480. The Morgan fingerprint density at radius 3 is 2.03 bits per heavy atom. The van der Waals surface area contributed by atoms with Gasteiger partial charge in [-0.1, -0.05) is 13.3 Å². The Morgan fingerprint density at radius 2 is 1.53 bits per heavy atom. The van der Waals surface area contributed by atoms with E-state index in [4.69, 9.17) is 17.0 Å². The topological polar surface area (TPSA) is 51.2 Å². The van der Waals surface area contributed by atoms with Crippen molar-refractivity contribution in [1.29, 1.82) is 0 Å². The number of piperazine rings is 1. The smallest absolute Gasteiger partial charge is 0.173 e. The van der Waals surface area contributed by atoms with Crippen LogP contribution in [0.1, 0.15) is 26.2 Å². The van der Waals surface area contributed by atoms with Crippen LogP contribution >= 0.6 is 12.2 Å². The van der Waals surface area contributed by atoms with Crippen molar-refractivity contribution in [3.8, 4) is 5.75 Å². The molecule has 174 valence electrons. The van der Waals surface area contributed by atoms with E-state index in [2.05, 4.69) is 63.3 Å². The SMILES string of the molecule is CCCCNC(=S)N(CCCO)c1ccc(N2CCN(c3ccc(OC)cc3)CC2)cc1. The standard InChI is InChI=1S/C25H36N4O2S/c1-3-4-14-26-25(32)29(15-5-20-30)23-8-6-21(7-9-23)27-16-18-28(19-17-27)22-10-12-24(31-2)13-11-22/h6-13,30H,3-5,14-20H2,1-2H3,(H,26,32). The molecule has 1 aliphatic rings. The Balaban J connectivity index is 1.59. The number of ether oxygens (including phenoxy) is 1. The number of nitrogens with one attached hydrogen (secondary N) is 1. The second-order valence-corrected chi connectivity index (χ2v) is 8.39. The van der Waals surface area contributed by atoms with Gasteiger partial charge in [0.15, 0.2) is 5.11 Å². The van der Waals surface area contributed by atoms with Crippen molar-refractivity contribution in [1.82, 2.24) is 5.32 Å². The van der Waals surface area contributed by atoms with Crippen LogP contribution in [0.5, 0.6) is 5.75 Å². The van der Waals surface area contributed by atoms with Crippen LogP contribution < -0.4 is 24.8 Å². The van der Waals surface area contributed by atoms with E-state index in [0.717, 1.165) is 62.1 Å². The number of nitrogens with zero attached hydrogens (tertiary/aromatic N) is 3. The zero-order valence-corrected chi connectivity index (χ0v) is 20.1. The summed E-state index contributed by atoms with van der Waals surface area (Å²) in [5.41, 5.74) is 3.53. The summed E-state index contributed by atoms with van der Waals surface area (Å²) in [7, 11) is 1.70. The van der Waals surface area contributed by atoms with Gasteiger partial charge in [-0.25, -0.2) is 0 Å². The lowest BCUT2D eigenvalue weighted by molar-refractivity contribution is 0.291. The molecule has 2 aromatic rings. The first-order chi connectivity index (χ1) is 15.7. The van der Waals surface area contributed by atoms with Gasteiger partial charge in [0.2, 0.25) is 0 Å². The summed E-state index contributed by atoms with van der Waals surface area (Å²) in [5, 5.41) is 13.4. The van der Waals surface area contributed by atoms with Crippen molar-refractivity contribution in [3.05, 3.63) is 48.5 Å². The third kappa shape index (κ3) is 6.50. The van der Waals surface area contributed by atoms with Crippen LogP contribution in [0.25, 0.3) is 0 Å². The van der Waals surface area contributed by atoms with Crippen molar-refractivity contribution >= 4 is 34.4 Å². The van der Waals surface area contributed by atoms with Crippen LogP contribution in [-0.4, -0.2) is 63.2 Å². The number of thiocarbonyl (C=S) groups is 1. The molecule has 0 amide bonds. The highest BCUT2D eigenvalue weighted by Crippen LogP contribution is 2.25. The minimum absolute atomic E-state index is 0.157. The van der Waals surface area contributed by atoms with Crippen LogP contribution in [0.4, 0.5) is 17.1 Å². The summed E-state index contributed by atoms with van der Waals surface area (Å²) in [6, 6.07) is 16.9. The second-order valence-electron chi connectivity index (χ2n) is 8.00. The van der Waals surface area contributed by atoms with E-state index in [0.29, 0.717) is 13.0 Å². The Morgan fingerprint density at radius 1 is 0.969 bits per heavy atom. The van der Waals surface area contributed by atoms with Gasteiger partial charge in [-0.15, -0.1) is 0 Å². The lowest BCUT2D eigenvalue weighted by Gasteiger charge is -2.37. The summed E-state index contributed by atoms with van der Waals surface area (Å²) >= 11 is 5.63. The third-order valence-corrected chi connectivity index (χ3v) is 6.20. The van der Waals surface area contributed by atoms with Crippen molar-refractivity contribution in [2.24, 2.45) is 0 Å². The van der Waals surface area contributed by atoms with E-state index in [1.54, 1.807) is 7.11 Å². The minimum atomic E-state index is 0.157. The average molecular weight is 457 g/mol. The largest absolute Gasteiger partial charge is 0.497 e. The molecule has 1 aliphatic heterocycles. The molecule has 0 atom stereocenters. The third-order valence-electron chi connectivity index (χ3n) is 5.84. The number of anilines is 3. The quantitative estimate of drug-likeness (QED) is 0.416. The number of unbranched alkanes of at least 4 members (excludes halogenated alkanes) is 1. The van der Waals surface area contributed by atoms with E-state index >= 15 is 0 Å². The molecule has 7 heteroatoms. The Kier molecular flexibility index (Phi) is 9.43. The molecule has 0 saturated carbocycles. The number of rotatable bonds is 10. The van der Waals surface area contributed by atoms with Gasteiger partial charge in [0.25, 0.3) is 0 Å². The fourth-order valence-electron chi connectivity index (χ4n) is 3.90. The Hall–Kier alpha value is -2.51. The van der Waals surface area contributed by atoms with E-state index in [1.165, 1.54) is 11.4 Å². The molecule has 1 saturated heterocycles. The summed E-state index contributed by atoms with van der Waals surface area (Å²) in [5.74, 6) is 0.889. The number of benzene rings is 2. The van der Waals surface area contributed by atoms with Gasteiger partial charge in [0, 0.05) is 62.9 Å². The maximum absolute atomic E-state index is 9.29. The maximum Gasteiger partial charge on any atom is 0.173 e.